The molecule has 0 N–H and O–H groups in total. The summed E-state index contributed by atoms with van der Waals surface area (Å²) in [5.41, 5.74) is 0.760. The number of aryl methyl sites for hydroxylation is 1. The highest BCUT2D eigenvalue weighted by Gasteiger charge is 2.31. The van der Waals surface area contributed by atoms with Crippen LogP contribution in [0.25, 0.3) is 0 Å². The van der Waals surface area contributed by atoms with Crippen molar-refractivity contribution in [2.24, 2.45) is 10.8 Å². The molecule has 1 rings (SSSR count). The number of hydrogen-bond donors (Lipinski definition) is 0. The van der Waals surface area contributed by atoms with Gasteiger partial charge in [-0.25, -0.2) is 0 Å². The number of rotatable bonds is 8. The monoisotopic (exact) mass is 496 g/mol. The van der Waals surface area contributed by atoms with E-state index < -0.39 is 10.8 Å². The fraction of sp³-hybridized carbons (Fsp3) is 0.500. The molecule has 0 spiro atoms. The van der Waals surface area contributed by atoms with Crippen LogP contribution < -0.4 is 22.6 Å². The Morgan fingerprint density at radius 2 is 1.50 bits per heavy atom. The van der Waals surface area contributed by atoms with Crippen molar-refractivity contribution in [3.8, 4) is 24.7 Å². The number of halogens is 1. The molecule has 0 aliphatic rings. The van der Waals surface area contributed by atoms with Gasteiger partial charge in [0, 0.05) is 24.6 Å². The molecular formula is C22H27INO4+. The van der Waals surface area contributed by atoms with E-state index in [9.17, 15) is 9.59 Å². The maximum Gasteiger partial charge on any atom is 0.312 e. The molecule has 0 bridgehead atoms. The molecule has 0 saturated carbocycles. The van der Waals surface area contributed by atoms with Gasteiger partial charge in [0.05, 0.1) is 22.1 Å². The summed E-state index contributed by atoms with van der Waals surface area (Å²) in [6, 6.07) is 0. The van der Waals surface area contributed by atoms with Gasteiger partial charge in [-0.05, 0) is 34.6 Å². The van der Waals surface area contributed by atoms with Gasteiger partial charge >= 0.3 is 11.9 Å². The Balaban J connectivity index is 2.97. The molecule has 0 atom stereocenters. The van der Waals surface area contributed by atoms with Crippen LogP contribution in [0.5, 0.6) is 0 Å². The van der Waals surface area contributed by atoms with Crippen LogP contribution in [0.1, 0.15) is 57.4 Å². The molecule has 1 aromatic rings. The number of terminal acetylenes is 2. The van der Waals surface area contributed by atoms with Crippen molar-refractivity contribution >= 4 is 11.9 Å². The van der Waals surface area contributed by atoms with Crippen LogP contribution in [0, 0.1) is 46.0 Å². The highest BCUT2D eigenvalue weighted by Crippen LogP contribution is 2.24. The molecule has 150 valence electrons. The maximum atomic E-state index is 12.4. The van der Waals surface area contributed by atoms with Crippen LogP contribution in [-0.4, -0.2) is 16.9 Å². The predicted molar refractivity (Wildman–Crippen MR) is 103 cm³/mol. The molecule has 1 aromatic heterocycles. The first-order chi connectivity index (χ1) is 13.0. The number of carbonyl (C=O) groups excluding carboxylic acids is 2. The summed E-state index contributed by atoms with van der Waals surface area (Å²) < 4.78 is 11.9. The second-order valence-corrected chi connectivity index (χ2v) is 9.02. The van der Waals surface area contributed by atoms with E-state index in [0.29, 0.717) is 5.56 Å². The molecule has 0 amide bonds. The lowest BCUT2D eigenvalue weighted by atomic mass is 9.90. The lowest BCUT2D eigenvalue weighted by Crippen LogP contribution is -3.34. The lowest BCUT2D eigenvalue weighted by molar-refractivity contribution is -0.332. The number of hydrogen-bond acceptors (Lipinski definition) is 5. The number of nitrogens with zero attached hydrogens (tertiary/aromatic N) is 1. The average molecular weight is 496 g/mol. The van der Waals surface area contributed by atoms with Gasteiger partial charge in [0.25, 0.3) is 22.6 Å². The van der Waals surface area contributed by atoms with Gasteiger partial charge in [0.15, 0.2) is 0 Å². The second kappa shape index (κ2) is 9.93. The fourth-order valence-electron chi connectivity index (χ4n) is 2.28. The van der Waals surface area contributed by atoms with Crippen LogP contribution in [0.15, 0.2) is 6.20 Å². The molecule has 0 fully saturated rings. The third kappa shape index (κ3) is 6.24. The van der Waals surface area contributed by atoms with Gasteiger partial charge in [-0.3, -0.25) is 14.6 Å². The van der Waals surface area contributed by atoms with Crippen LogP contribution in [0.2, 0.25) is 0 Å². The van der Waals surface area contributed by atoms with Crippen LogP contribution in [-0.2, 0) is 32.3 Å². The molecule has 5 nitrogen and oxygen atoms in total. The molecular weight excluding hydrogens is 469 g/mol. The average Bonchev–Trinajstić information content (AvgIpc) is 2.61. The van der Waals surface area contributed by atoms with E-state index in [-0.39, 0.29) is 38.0 Å². The fourth-order valence-corrected chi connectivity index (χ4v) is 2.98. The Morgan fingerprint density at radius 3 is 1.96 bits per heavy atom. The van der Waals surface area contributed by atoms with E-state index in [2.05, 4.69) is 16.8 Å². The summed E-state index contributed by atoms with van der Waals surface area (Å²) >= 11 is 1.81. The number of esters is 2. The number of ether oxygens (including phenoxy) is 2. The first-order valence-corrected chi connectivity index (χ1v) is 9.98. The van der Waals surface area contributed by atoms with E-state index in [4.69, 9.17) is 22.3 Å². The summed E-state index contributed by atoms with van der Waals surface area (Å²) in [5, 5.41) is 0. The molecule has 0 aliphatic heterocycles. The van der Waals surface area contributed by atoms with E-state index in [0.717, 1.165) is 14.8 Å². The van der Waals surface area contributed by atoms with Crippen molar-refractivity contribution in [2.75, 3.05) is 0 Å². The minimum atomic E-state index is -0.769. The SMILES string of the molecule is C#CCC(C)(C)C(=O)OCc1cnc(C)c([IH+])c1COC(=O)C(C)(C)CC#C. The number of aromatic nitrogens is 1. The van der Waals surface area contributed by atoms with Gasteiger partial charge < -0.3 is 9.47 Å². The summed E-state index contributed by atoms with van der Waals surface area (Å²) in [4.78, 5) is 29.0. The molecule has 0 radical (unpaired) electrons. The normalized spacial score (nSPS) is 11.3. The van der Waals surface area contributed by atoms with E-state index in [1.807, 2.05) is 29.5 Å². The third-order valence-corrected chi connectivity index (χ3v) is 5.85. The Labute approximate surface area is 181 Å². The molecule has 0 aliphatic carbocycles. The van der Waals surface area contributed by atoms with Crippen molar-refractivity contribution in [1.82, 2.24) is 4.98 Å². The predicted octanol–water partition coefficient (Wildman–Crippen LogP) is 0.0306. The van der Waals surface area contributed by atoms with E-state index >= 15 is 0 Å². The highest BCUT2D eigenvalue weighted by molar-refractivity contribution is 5.77. The minimum absolute atomic E-state index is 0.0310. The summed E-state index contributed by atoms with van der Waals surface area (Å²) in [6.07, 6.45) is 12.9. The van der Waals surface area contributed by atoms with Crippen molar-refractivity contribution in [1.29, 1.82) is 0 Å². The first kappa shape index (κ1) is 24.0. The number of carbonyl (C=O) groups is 2. The van der Waals surface area contributed by atoms with Crippen LogP contribution in [0.3, 0.4) is 0 Å². The highest BCUT2D eigenvalue weighted by atomic mass is 127. The molecule has 28 heavy (non-hydrogen) atoms. The van der Waals surface area contributed by atoms with Crippen LogP contribution >= 0.6 is 0 Å². The largest absolute Gasteiger partial charge is 0.460 e. The molecule has 0 aromatic carbocycles. The molecule has 6 heteroatoms. The summed E-state index contributed by atoms with van der Waals surface area (Å²) in [7, 11) is 0. The maximum absolute atomic E-state index is 12.4. The Kier molecular flexibility index (Phi) is 8.50. The van der Waals surface area contributed by atoms with Gasteiger partial charge in [0.2, 0.25) is 3.57 Å². The Morgan fingerprint density at radius 1 is 1.04 bits per heavy atom. The van der Waals surface area contributed by atoms with Crippen molar-refractivity contribution < 1.29 is 41.7 Å². The topological polar surface area (TPSA) is 65.5 Å². The molecule has 0 saturated heterocycles. The zero-order valence-corrected chi connectivity index (χ0v) is 19.4. The Hall–Kier alpha value is -2.06. The molecule has 1 heterocycles. The lowest BCUT2D eigenvalue weighted by Gasteiger charge is -2.21. The first-order valence-electron chi connectivity index (χ1n) is 8.82. The Bertz CT molecular complexity index is 828. The van der Waals surface area contributed by atoms with Crippen LogP contribution in [0.4, 0.5) is 0 Å². The van der Waals surface area contributed by atoms with Crippen molar-refractivity contribution in [3.63, 3.8) is 0 Å². The zero-order valence-electron chi connectivity index (χ0n) is 17.0. The van der Waals surface area contributed by atoms with Gasteiger partial charge in [-0.2, -0.15) is 0 Å². The second-order valence-electron chi connectivity index (χ2n) is 7.86. The quantitative estimate of drug-likeness (QED) is 0.289. The molecule has 0 unspecified atom stereocenters. The zero-order chi connectivity index (χ0) is 21.5. The number of pyridine rings is 1. The summed E-state index contributed by atoms with van der Waals surface area (Å²) in [5.74, 6) is 4.22. The van der Waals surface area contributed by atoms with E-state index in [1.165, 1.54) is 0 Å². The van der Waals surface area contributed by atoms with Gasteiger partial charge in [-0.1, -0.05) is 0 Å². The van der Waals surface area contributed by atoms with Crippen molar-refractivity contribution in [3.05, 3.63) is 26.6 Å². The van der Waals surface area contributed by atoms with Crippen molar-refractivity contribution in [2.45, 2.75) is 60.7 Å². The van der Waals surface area contributed by atoms with Gasteiger partial charge in [0.1, 0.15) is 13.2 Å². The third-order valence-electron chi connectivity index (χ3n) is 4.30. The minimum Gasteiger partial charge on any atom is -0.460 e. The standard InChI is InChI=1S/C22H27INO4/c1-8-10-21(4,5)19(25)27-13-16-12-24-15(3)18(23)17(16)14-28-20(26)22(6,7)11-9-2/h1-2,12,23H,10-11,13-14H2,3-7H3/q+1. The summed E-state index contributed by atoms with van der Waals surface area (Å²) in [6.45, 7) is 8.94. The van der Waals surface area contributed by atoms with Gasteiger partial charge in [-0.15, -0.1) is 24.7 Å². The van der Waals surface area contributed by atoms with E-state index in [1.54, 1.807) is 33.9 Å². The smallest absolute Gasteiger partial charge is 0.312 e.